The second kappa shape index (κ2) is 6.77. The summed E-state index contributed by atoms with van der Waals surface area (Å²) in [4.78, 5) is 15.2. The van der Waals surface area contributed by atoms with E-state index in [9.17, 15) is 4.79 Å². The zero-order valence-corrected chi connectivity index (χ0v) is 13.8. The number of aromatic nitrogens is 2. The number of piperidine rings is 1. The Morgan fingerprint density at radius 1 is 1.12 bits per heavy atom. The first-order chi connectivity index (χ1) is 11.8. The lowest BCUT2D eigenvalue weighted by Crippen LogP contribution is -2.44. The molecule has 1 amide bonds. The van der Waals surface area contributed by atoms with Crippen LogP contribution >= 0.6 is 0 Å². The lowest BCUT2D eigenvalue weighted by atomic mass is 9.91. The average molecular weight is 324 g/mol. The van der Waals surface area contributed by atoms with Crippen LogP contribution in [0.3, 0.4) is 0 Å². The van der Waals surface area contributed by atoms with Gasteiger partial charge in [-0.05, 0) is 50.4 Å². The number of carbonyl (C=O) groups is 1. The van der Waals surface area contributed by atoms with Gasteiger partial charge in [-0.2, -0.15) is 5.10 Å². The Balaban J connectivity index is 1.48. The molecule has 1 aliphatic heterocycles. The molecule has 2 heterocycles. The molecule has 2 aromatic rings. The fourth-order valence-corrected chi connectivity index (χ4v) is 3.63. The van der Waals surface area contributed by atoms with Crippen molar-refractivity contribution in [3.63, 3.8) is 0 Å². The van der Waals surface area contributed by atoms with Gasteiger partial charge >= 0.3 is 0 Å². The first kappa shape index (κ1) is 15.4. The number of likely N-dealkylation sites (tertiary alicyclic amines) is 1. The summed E-state index contributed by atoms with van der Waals surface area (Å²) in [6.45, 7) is 1.86. The molecule has 1 saturated carbocycles. The molecule has 1 aromatic heterocycles. The average Bonchev–Trinajstić information content (AvgIpc) is 3.25. The van der Waals surface area contributed by atoms with Gasteiger partial charge in [0, 0.05) is 23.9 Å². The minimum absolute atomic E-state index is 0.156. The van der Waals surface area contributed by atoms with Gasteiger partial charge in [0.2, 0.25) is 5.91 Å². The highest BCUT2D eigenvalue weighted by molar-refractivity contribution is 5.83. The summed E-state index contributed by atoms with van der Waals surface area (Å²) in [5.41, 5.74) is 2.31. The Hall–Kier alpha value is -2.14. The summed E-state index contributed by atoms with van der Waals surface area (Å²) in [5.74, 6) is 0.676. The Kier molecular flexibility index (Phi) is 4.34. The molecule has 1 saturated heterocycles. The summed E-state index contributed by atoms with van der Waals surface area (Å²) in [7, 11) is 0. The third-order valence-electron chi connectivity index (χ3n) is 5.14. The number of hydrogen-bond donors (Lipinski definition) is 2. The summed E-state index contributed by atoms with van der Waals surface area (Å²) in [5, 5.41) is 10.3. The number of amides is 1. The second-order valence-electron chi connectivity index (χ2n) is 6.92. The third-order valence-corrected chi connectivity index (χ3v) is 5.14. The third kappa shape index (κ3) is 3.36. The molecule has 0 bridgehead atoms. The highest BCUT2D eigenvalue weighted by Crippen LogP contribution is 2.32. The van der Waals surface area contributed by atoms with Crippen molar-refractivity contribution >= 4 is 5.91 Å². The van der Waals surface area contributed by atoms with E-state index in [1.807, 2.05) is 24.4 Å². The quantitative estimate of drug-likeness (QED) is 0.889. The molecule has 126 valence electrons. The number of nitrogens with zero attached hydrogens (tertiary/aromatic N) is 2. The normalized spacial score (nSPS) is 20.7. The van der Waals surface area contributed by atoms with Gasteiger partial charge in [0.05, 0.1) is 0 Å². The van der Waals surface area contributed by atoms with Crippen molar-refractivity contribution < 1.29 is 4.79 Å². The van der Waals surface area contributed by atoms with Crippen LogP contribution in [0.4, 0.5) is 0 Å². The van der Waals surface area contributed by atoms with Crippen LogP contribution in [-0.2, 0) is 4.79 Å². The zero-order chi connectivity index (χ0) is 16.4. The maximum absolute atomic E-state index is 12.8. The minimum atomic E-state index is -0.172. The van der Waals surface area contributed by atoms with Crippen molar-refractivity contribution in [3.8, 4) is 0 Å². The van der Waals surface area contributed by atoms with Gasteiger partial charge < -0.3 is 5.32 Å². The van der Waals surface area contributed by atoms with E-state index in [-0.39, 0.29) is 11.9 Å². The lowest BCUT2D eigenvalue weighted by molar-refractivity contribution is -0.127. The van der Waals surface area contributed by atoms with Crippen LogP contribution in [0.1, 0.15) is 48.9 Å². The predicted molar refractivity (Wildman–Crippen MR) is 92.5 cm³/mol. The van der Waals surface area contributed by atoms with Crippen LogP contribution in [-0.4, -0.2) is 40.1 Å². The first-order valence-corrected chi connectivity index (χ1v) is 8.90. The van der Waals surface area contributed by atoms with E-state index in [1.165, 1.54) is 5.69 Å². The molecular formula is C19H24N4O. The van der Waals surface area contributed by atoms with Crippen LogP contribution in [0.25, 0.3) is 0 Å². The van der Waals surface area contributed by atoms with Crippen molar-refractivity contribution in [2.45, 2.75) is 43.7 Å². The number of aromatic amines is 1. The lowest BCUT2D eigenvalue weighted by Gasteiger charge is -2.36. The first-order valence-electron chi connectivity index (χ1n) is 8.90. The number of nitrogens with one attached hydrogen (secondary N) is 2. The molecule has 0 spiro atoms. The molecule has 5 heteroatoms. The highest BCUT2D eigenvalue weighted by Gasteiger charge is 2.34. The Morgan fingerprint density at radius 2 is 1.88 bits per heavy atom. The molecule has 1 aliphatic carbocycles. The molecule has 4 rings (SSSR count). The fraction of sp³-hybridized carbons (Fsp3) is 0.474. The van der Waals surface area contributed by atoms with Gasteiger partial charge in [-0.25, -0.2) is 0 Å². The maximum atomic E-state index is 12.8. The van der Waals surface area contributed by atoms with Crippen molar-refractivity contribution in [1.82, 2.24) is 20.4 Å². The van der Waals surface area contributed by atoms with Crippen LogP contribution < -0.4 is 5.32 Å². The molecule has 0 unspecified atom stereocenters. The van der Waals surface area contributed by atoms with E-state index in [0.717, 1.165) is 44.3 Å². The van der Waals surface area contributed by atoms with E-state index in [4.69, 9.17) is 0 Å². The van der Waals surface area contributed by atoms with E-state index in [2.05, 4.69) is 38.6 Å². The largest absolute Gasteiger partial charge is 0.352 e. The molecule has 1 atom stereocenters. The number of hydrogen-bond acceptors (Lipinski definition) is 3. The molecule has 2 aliphatic rings. The highest BCUT2D eigenvalue weighted by atomic mass is 16.2. The van der Waals surface area contributed by atoms with Gasteiger partial charge in [0.1, 0.15) is 6.04 Å². The number of carbonyl (C=O) groups excluding carboxylic acids is 1. The minimum Gasteiger partial charge on any atom is -0.352 e. The number of rotatable bonds is 5. The van der Waals surface area contributed by atoms with E-state index in [0.29, 0.717) is 12.0 Å². The second-order valence-corrected chi connectivity index (χ2v) is 6.92. The van der Waals surface area contributed by atoms with E-state index < -0.39 is 0 Å². The molecule has 0 radical (unpaired) electrons. The van der Waals surface area contributed by atoms with Gasteiger partial charge in [-0.15, -0.1) is 0 Å². The maximum Gasteiger partial charge on any atom is 0.242 e. The summed E-state index contributed by atoms with van der Waals surface area (Å²) in [6.07, 6.45) is 6.17. The fourth-order valence-electron chi connectivity index (χ4n) is 3.63. The molecular weight excluding hydrogens is 300 g/mol. The smallest absolute Gasteiger partial charge is 0.242 e. The molecule has 5 nitrogen and oxygen atoms in total. The SMILES string of the molecule is O=C(NC1CC1)[C@H](c1ccccc1)N1CCC(c2ccn[nH]2)CC1. The topological polar surface area (TPSA) is 61.0 Å². The Bertz CT molecular complexity index is 658. The molecule has 2 fully saturated rings. The summed E-state index contributed by atoms with van der Waals surface area (Å²) in [6, 6.07) is 12.5. The van der Waals surface area contributed by atoms with Crippen molar-refractivity contribution in [3.05, 3.63) is 53.9 Å². The van der Waals surface area contributed by atoms with Gasteiger partial charge in [0.15, 0.2) is 0 Å². The summed E-state index contributed by atoms with van der Waals surface area (Å²) < 4.78 is 0. The molecule has 1 aromatic carbocycles. The van der Waals surface area contributed by atoms with Gasteiger partial charge in [-0.3, -0.25) is 14.8 Å². The monoisotopic (exact) mass is 324 g/mol. The van der Waals surface area contributed by atoms with Crippen LogP contribution in [0, 0.1) is 0 Å². The molecule has 2 N–H and O–H groups in total. The van der Waals surface area contributed by atoms with Gasteiger partial charge in [-0.1, -0.05) is 30.3 Å². The van der Waals surface area contributed by atoms with Crippen LogP contribution in [0.5, 0.6) is 0 Å². The standard InChI is InChI=1S/C19H24N4O/c24-19(21-16-6-7-16)18(15-4-2-1-3-5-15)23-12-9-14(10-13-23)17-8-11-20-22-17/h1-5,8,11,14,16,18H,6-7,9-10,12-13H2,(H,20,22)(H,21,24)/t18-/m0/s1. The molecule has 24 heavy (non-hydrogen) atoms. The van der Waals surface area contributed by atoms with Gasteiger partial charge in [0.25, 0.3) is 0 Å². The van der Waals surface area contributed by atoms with Crippen molar-refractivity contribution in [2.24, 2.45) is 0 Å². The summed E-state index contributed by atoms with van der Waals surface area (Å²) >= 11 is 0. The predicted octanol–water partition coefficient (Wildman–Crippen LogP) is 2.61. The Morgan fingerprint density at radius 3 is 2.50 bits per heavy atom. The number of benzene rings is 1. The van der Waals surface area contributed by atoms with E-state index >= 15 is 0 Å². The van der Waals surface area contributed by atoms with Crippen LogP contribution in [0.15, 0.2) is 42.6 Å². The van der Waals surface area contributed by atoms with E-state index in [1.54, 1.807) is 0 Å². The van der Waals surface area contributed by atoms with Crippen molar-refractivity contribution in [1.29, 1.82) is 0 Å². The Labute approximate surface area is 142 Å². The number of H-pyrrole nitrogens is 1. The van der Waals surface area contributed by atoms with Crippen molar-refractivity contribution in [2.75, 3.05) is 13.1 Å². The zero-order valence-electron chi connectivity index (χ0n) is 13.8. The van der Waals surface area contributed by atoms with Crippen LogP contribution in [0.2, 0.25) is 0 Å².